The molecule has 0 saturated carbocycles. The van der Waals surface area contributed by atoms with Gasteiger partial charge in [-0.1, -0.05) is 15.9 Å². The van der Waals surface area contributed by atoms with Crippen LogP contribution in [0.3, 0.4) is 0 Å². The van der Waals surface area contributed by atoms with Gasteiger partial charge in [0.25, 0.3) is 0 Å². The van der Waals surface area contributed by atoms with Gasteiger partial charge in [-0.3, -0.25) is 4.79 Å². The average Bonchev–Trinajstić information content (AvgIpc) is 2.32. The molecule has 0 radical (unpaired) electrons. The Bertz CT molecular complexity index is 638. The summed E-state index contributed by atoms with van der Waals surface area (Å²) >= 11 is 3.41. The zero-order valence-corrected chi connectivity index (χ0v) is 12.3. The maximum Gasteiger partial charge on any atom is 0.161 e. The van der Waals surface area contributed by atoms with Gasteiger partial charge in [0.1, 0.15) is 11.5 Å². The van der Waals surface area contributed by atoms with Gasteiger partial charge in [-0.2, -0.15) is 0 Å². The maximum absolute atomic E-state index is 11.3. The fourth-order valence-electron chi connectivity index (χ4n) is 1.78. The Morgan fingerprint density at radius 3 is 2.53 bits per heavy atom. The highest BCUT2D eigenvalue weighted by atomic mass is 79.9. The minimum atomic E-state index is -0.0520. The molecule has 0 heterocycles. The predicted octanol–water partition coefficient (Wildman–Crippen LogP) is 4.33. The predicted molar refractivity (Wildman–Crippen MR) is 79.8 cm³/mol. The number of hydrogen-bond donors (Lipinski definition) is 1. The number of ether oxygens (including phenoxy) is 1. The topological polar surface area (TPSA) is 52.3 Å². The molecule has 2 aromatic carbocycles. The minimum Gasteiger partial charge on any atom is -0.457 e. The Hall–Kier alpha value is -1.81. The highest BCUT2D eigenvalue weighted by Crippen LogP contribution is 2.29. The van der Waals surface area contributed by atoms with Gasteiger partial charge in [-0.05, 0) is 49.7 Å². The Labute approximate surface area is 120 Å². The Morgan fingerprint density at radius 1 is 1.21 bits per heavy atom. The maximum atomic E-state index is 11.3. The van der Waals surface area contributed by atoms with Gasteiger partial charge in [0.05, 0.1) is 0 Å². The Balaban J connectivity index is 2.29. The zero-order valence-electron chi connectivity index (χ0n) is 10.7. The van der Waals surface area contributed by atoms with Crippen molar-refractivity contribution in [3.63, 3.8) is 0 Å². The van der Waals surface area contributed by atoms with Crippen LogP contribution < -0.4 is 10.5 Å². The Kier molecular flexibility index (Phi) is 3.90. The summed E-state index contributed by atoms with van der Waals surface area (Å²) in [6.07, 6.45) is 0. The van der Waals surface area contributed by atoms with E-state index < -0.39 is 0 Å². The monoisotopic (exact) mass is 319 g/mol. The van der Waals surface area contributed by atoms with Crippen LogP contribution in [0.4, 0.5) is 5.69 Å². The molecule has 0 aliphatic rings. The van der Waals surface area contributed by atoms with E-state index in [9.17, 15) is 4.79 Å². The molecule has 0 atom stereocenters. The molecule has 0 saturated heterocycles. The van der Waals surface area contributed by atoms with Crippen molar-refractivity contribution >= 4 is 27.4 Å². The van der Waals surface area contributed by atoms with Crippen molar-refractivity contribution in [1.82, 2.24) is 0 Å². The fourth-order valence-corrected chi connectivity index (χ4v) is 2.25. The molecule has 2 aromatic rings. The first kappa shape index (κ1) is 13.6. The second kappa shape index (κ2) is 5.45. The molecular formula is C15H14BrNO2. The fraction of sp³-hybridized carbons (Fsp3) is 0.133. The highest BCUT2D eigenvalue weighted by molar-refractivity contribution is 9.10. The molecule has 2 rings (SSSR count). The van der Waals surface area contributed by atoms with Crippen LogP contribution in [0, 0.1) is 6.92 Å². The van der Waals surface area contributed by atoms with E-state index in [-0.39, 0.29) is 5.78 Å². The number of carbonyl (C=O) groups is 1. The largest absolute Gasteiger partial charge is 0.457 e. The molecular weight excluding hydrogens is 306 g/mol. The summed E-state index contributed by atoms with van der Waals surface area (Å²) in [5, 5.41) is 0. The number of carbonyl (C=O) groups excluding carboxylic acids is 1. The Morgan fingerprint density at radius 2 is 1.95 bits per heavy atom. The molecule has 0 bridgehead atoms. The number of benzene rings is 2. The molecule has 3 nitrogen and oxygen atoms in total. The van der Waals surface area contributed by atoms with Crippen molar-refractivity contribution in [3.05, 3.63) is 52.0 Å². The van der Waals surface area contributed by atoms with Gasteiger partial charge in [0.2, 0.25) is 0 Å². The standard InChI is InChI=1S/C15H14BrNO2/c1-9-7-11(16)3-6-15(9)19-12-4-5-13(10(2)18)14(17)8-12/h3-8H,17H2,1-2H3. The first-order valence-corrected chi connectivity index (χ1v) is 6.61. The van der Waals surface area contributed by atoms with Crippen molar-refractivity contribution in [3.8, 4) is 11.5 Å². The van der Waals surface area contributed by atoms with Gasteiger partial charge in [0, 0.05) is 21.8 Å². The number of ketones is 1. The van der Waals surface area contributed by atoms with Crippen LogP contribution in [-0.4, -0.2) is 5.78 Å². The first-order chi connectivity index (χ1) is 8.97. The summed E-state index contributed by atoms with van der Waals surface area (Å²) in [5.41, 5.74) is 7.79. The molecule has 0 unspecified atom stereocenters. The number of Topliss-reactive ketones (excluding diaryl/α,β-unsaturated/α-hetero) is 1. The summed E-state index contributed by atoms with van der Waals surface area (Å²) < 4.78 is 6.77. The van der Waals surface area contributed by atoms with Gasteiger partial charge in [-0.25, -0.2) is 0 Å². The summed E-state index contributed by atoms with van der Waals surface area (Å²) in [6.45, 7) is 3.46. The van der Waals surface area contributed by atoms with Crippen LogP contribution in [0.15, 0.2) is 40.9 Å². The van der Waals surface area contributed by atoms with Crippen LogP contribution in [0.25, 0.3) is 0 Å². The normalized spacial score (nSPS) is 10.3. The van der Waals surface area contributed by atoms with Crippen LogP contribution in [0.5, 0.6) is 11.5 Å². The first-order valence-electron chi connectivity index (χ1n) is 5.82. The molecule has 0 fully saturated rings. The number of halogens is 1. The highest BCUT2D eigenvalue weighted by Gasteiger charge is 2.07. The lowest BCUT2D eigenvalue weighted by Crippen LogP contribution is -1.99. The number of rotatable bonds is 3. The van der Waals surface area contributed by atoms with E-state index in [1.807, 2.05) is 25.1 Å². The quantitative estimate of drug-likeness (QED) is 0.676. The van der Waals surface area contributed by atoms with E-state index in [1.165, 1.54) is 6.92 Å². The molecule has 4 heteroatoms. The summed E-state index contributed by atoms with van der Waals surface area (Å²) in [6, 6.07) is 10.9. The molecule has 0 aliphatic carbocycles. The lowest BCUT2D eigenvalue weighted by atomic mass is 10.1. The van der Waals surface area contributed by atoms with Crippen LogP contribution in [0.1, 0.15) is 22.8 Å². The van der Waals surface area contributed by atoms with Crippen LogP contribution in [0.2, 0.25) is 0 Å². The number of nitrogens with two attached hydrogens (primary N) is 1. The van der Waals surface area contributed by atoms with Crippen LogP contribution in [-0.2, 0) is 0 Å². The van der Waals surface area contributed by atoms with Gasteiger partial charge >= 0.3 is 0 Å². The molecule has 19 heavy (non-hydrogen) atoms. The SMILES string of the molecule is CC(=O)c1ccc(Oc2ccc(Br)cc2C)cc1N. The van der Waals surface area contributed by atoms with Crippen molar-refractivity contribution < 1.29 is 9.53 Å². The van der Waals surface area contributed by atoms with E-state index in [1.54, 1.807) is 18.2 Å². The molecule has 0 spiro atoms. The molecule has 98 valence electrons. The summed E-state index contributed by atoms with van der Waals surface area (Å²) in [4.78, 5) is 11.3. The minimum absolute atomic E-state index is 0.0520. The van der Waals surface area contributed by atoms with Crippen molar-refractivity contribution in [1.29, 1.82) is 0 Å². The van der Waals surface area contributed by atoms with Gasteiger partial charge < -0.3 is 10.5 Å². The smallest absolute Gasteiger partial charge is 0.161 e. The van der Waals surface area contributed by atoms with E-state index in [2.05, 4.69) is 15.9 Å². The number of nitrogen functional groups attached to an aromatic ring is 1. The lowest BCUT2D eigenvalue weighted by molar-refractivity contribution is 0.101. The van der Waals surface area contributed by atoms with Crippen molar-refractivity contribution in [2.75, 3.05) is 5.73 Å². The van der Waals surface area contributed by atoms with Gasteiger partial charge in [0.15, 0.2) is 5.78 Å². The van der Waals surface area contributed by atoms with E-state index >= 15 is 0 Å². The van der Waals surface area contributed by atoms with Crippen LogP contribution >= 0.6 is 15.9 Å². The van der Waals surface area contributed by atoms with Crippen molar-refractivity contribution in [2.24, 2.45) is 0 Å². The van der Waals surface area contributed by atoms with Gasteiger partial charge in [-0.15, -0.1) is 0 Å². The number of aryl methyl sites for hydroxylation is 1. The lowest BCUT2D eigenvalue weighted by Gasteiger charge is -2.10. The van der Waals surface area contributed by atoms with Crippen molar-refractivity contribution in [2.45, 2.75) is 13.8 Å². The third-order valence-corrected chi connectivity index (χ3v) is 3.26. The zero-order chi connectivity index (χ0) is 14.0. The third-order valence-electron chi connectivity index (χ3n) is 2.77. The second-order valence-corrected chi connectivity index (χ2v) is 5.23. The third kappa shape index (κ3) is 3.15. The molecule has 0 aromatic heterocycles. The van der Waals surface area contributed by atoms with E-state index in [0.29, 0.717) is 17.0 Å². The summed E-state index contributed by atoms with van der Waals surface area (Å²) in [7, 11) is 0. The number of anilines is 1. The molecule has 0 amide bonds. The summed E-state index contributed by atoms with van der Waals surface area (Å²) in [5.74, 6) is 1.33. The van der Waals surface area contributed by atoms with E-state index in [4.69, 9.17) is 10.5 Å². The van der Waals surface area contributed by atoms with E-state index in [0.717, 1.165) is 15.8 Å². The second-order valence-electron chi connectivity index (χ2n) is 4.32. The average molecular weight is 320 g/mol. The molecule has 0 aliphatic heterocycles. The number of hydrogen-bond acceptors (Lipinski definition) is 3. The molecule has 2 N–H and O–H groups in total.